The Morgan fingerprint density at radius 1 is 1.54 bits per heavy atom. The Morgan fingerprint density at radius 2 is 2.23 bits per heavy atom. The Labute approximate surface area is 94.8 Å². The van der Waals surface area contributed by atoms with Gasteiger partial charge in [0.05, 0.1) is 0 Å². The summed E-state index contributed by atoms with van der Waals surface area (Å²) < 4.78 is 1.90. The molecule has 0 saturated heterocycles. The van der Waals surface area contributed by atoms with E-state index >= 15 is 0 Å². The van der Waals surface area contributed by atoms with Crippen molar-refractivity contribution < 1.29 is 4.79 Å². The van der Waals surface area contributed by atoms with Crippen molar-refractivity contribution in [1.82, 2.24) is 0 Å². The van der Waals surface area contributed by atoms with Gasteiger partial charge in [-0.05, 0) is 22.9 Å². The maximum atomic E-state index is 10.7. The lowest BCUT2D eigenvalue weighted by Gasteiger charge is -2.10. The average molecular weight is 306 g/mol. The smallest absolute Gasteiger partial charge is 0.151 e. The van der Waals surface area contributed by atoms with E-state index in [2.05, 4.69) is 44.9 Å². The second-order valence-electron chi connectivity index (χ2n) is 2.99. The van der Waals surface area contributed by atoms with Crippen LogP contribution < -0.4 is 0 Å². The Hall–Kier alpha value is -0.150. The summed E-state index contributed by atoms with van der Waals surface area (Å²) in [4.78, 5) is 10.7. The van der Waals surface area contributed by atoms with Crippen LogP contribution in [0.1, 0.15) is 13.3 Å². The molecule has 3 heteroatoms. The van der Waals surface area contributed by atoms with E-state index in [1.54, 1.807) is 0 Å². The van der Waals surface area contributed by atoms with Gasteiger partial charge in [0.2, 0.25) is 0 Å². The molecule has 0 fully saturated rings. The number of halogens is 2. The molecule has 1 atom stereocenters. The molecule has 0 saturated carbocycles. The average Bonchev–Trinajstić information content (AvgIpc) is 2.11. The van der Waals surface area contributed by atoms with Crippen LogP contribution in [0.3, 0.4) is 0 Å². The summed E-state index contributed by atoms with van der Waals surface area (Å²) in [5.74, 6) is 0.437. The first-order chi connectivity index (χ1) is 6.15. The molecule has 1 nitrogen and oxygen atoms in total. The van der Waals surface area contributed by atoms with Crippen LogP contribution in [0, 0.1) is 5.92 Å². The number of carbonyl (C=O) groups is 1. The van der Waals surface area contributed by atoms with Crippen molar-refractivity contribution in [3.8, 4) is 0 Å². The minimum absolute atomic E-state index is 0.437. The first-order valence-corrected chi connectivity index (χ1v) is 5.62. The number of hydrogen-bond donors (Lipinski definition) is 0. The first kappa shape index (κ1) is 10.9. The zero-order valence-corrected chi connectivity index (χ0v) is 10.4. The topological polar surface area (TPSA) is 17.1 Å². The van der Waals surface area contributed by atoms with Crippen LogP contribution in [0.5, 0.6) is 0 Å². The minimum atomic E-state index is 0.437. The van der Waals surface area contributed by atoms with Crippen LogP contribution in [-0.2, 0) is 4.79 Å². The van der Waals surface area contributed by atoms with Crippen LogP contribution in [0.25, 0.3) is 0 Å². The molecule has 0 bridgehead atoms. The number of rotatable bonds is 1. The summed E-state index contributed by atoms with van der Waals surface area (Å²) in [5, 5.41) is 0. The fourth-order valence-electron chi connectivity index (χ4n) is 1.03. The molecule has 13 heavy (non-hydrogen) atoms. The lowest BCUT2D eigenvalue weighted by molar-refractivity contribution is -0.104. The fourth-order valence-corrected chi connectivity index (χ4v) is 1.86. The summed E-state index contributed by atoms with van der Waals surface area (Å²) in [5.41, 5.74) is 0.676. The van der Waals surface area contributed by atoms with Crippen molar-refractivity contribution in [3.05, 3.63) is 32.8 Å². The molecular weight excluding hydrogens is 296 g/mol. The molecule has 1 aliphatic carbocycles. The summed E-state index contributed by atoms with van der Waals surface area (Å²) in [7, 11) is 0. The van der Waals surface area contributed by atoms with Crippen molar-refractivity contribution in [2.75, 3.05) is 0 Å². The van der Waals surface area contributed by atoms with Gasteiger partial charge < -0.3 is 0 Å². The van der Waals surface area contributed by atoms with E-state index in [1.807, 2.05) is 12.2 Å². The third kappa shape index (κ3) is 2.92. The molecule has 1 unspecified atom stereocenters. The number of hydrogen-bond acceptors (Lipinski definition) is 1. The number of carbonyl (C=O) groups excluding carboxylic acids is 1. The molecule has 1 rings (SSSR count). The number of aldehydes is 1. The van der Waals surface area contributed by atoms with Gasteiger partial charge in [0.1, 0.15) is 0 Å². The van der Waals surface area contributed by atoms with Gasteiger partial charge in [-0.1, -0.05) is 50.9 Å². The maximum Gasteiger partial charge on any atom is 0.151 e. The zero-order chi connectivity index (χ0) is 9.84. The molecule has 0 aromatic carbocycles. The van der Waals surface area contributed by atoms with Gasteiger partial charge in [0.25, 0.3) is 0 Å². The third-order valence-corrected chi connectivity index (χ3v) is 3.65. The molecule has 0 aromatic rings. The van der Waals surface area contributed by atoms with E-state index in [0.717, 1.165) is 21.7 Å². The van der Waals surface area contributed by atoms with E-state index in [-0.39, 0.29) is 0 Å². The second kappa shape index (κ2) is 4.91. The van der Waals surface area contributed by atoms with Crippen molar-refractivity contribution >= 4 is 38.1 Å². The lowest BCUT2D eigenvalue weighted by atomic mass is 10.0. The van der Waals surface area contributed by atoms with Gasteiger partial charge in [0, 0.05) is 10.1 Å². The highest BCUT2D eigenvalue weighted by molar-refractivity contribution is 9.12. The monoisotopic (exact) mass is 304 g/mol. The van der Waals surface area contributed by atoms with Gasteiger partial charge in [-0.2, -0.15) is 0 Å². The molecule has 0 heterocycles. The van der Waals surface area contributed by atoms with Crippen LogP contribution in [0.4, 0.5) is 0 Å². The predicted octanol–water partition coefficient (Wildman–Crippen LogP) is 3.71. The highest BCUT2D eigenvalue weighted by Gasteiger charge is 2.08. The van der Waals surface area contributed by atoms with E-state index in [9.17, 15) is 4.79 Å². The quantitative estimate of drug-likeness (QED) is 0.675. The van der Waals surface area contributed by atoms with Gasteiger partial charge in [0.15, 0.2) is 6.29 Å². The standard InChI is InChI=1S/C10H10Br2O/c1-7-3-2-4-9(11)8(6-13)5-10(7)12/h2,4-7H,3H2,1H3/b4-2+,9-8-,10-5?. The van der Waals surface area contributed by atoms with Gasteiger partial charge in [-0.15, -0.1) is 0 Å². The van der Waals surface area contributed by atoms with Crippen molar-refractivity contribution in [2.45, 2.75) is 13.3 Å². The molecule has 1 aliphatic rings. The summed E-state index contributed by atoms with van der Waals surface area (Å²) in [6.45, 7) is 2.12. The fraction of sp³-hybridized carbons (Fsp3) is 0.300. The highest BCUT2D eigenvalue weighted by atomic mass is 79.9. The molecule has 0 aliphatic heterocycles. The molecule has 0 radical (unpaired) electrons. The molecule has 0 aromatic heterocycles. The molecule has 70 valence electrons. The summed E-state index contributed by atoms with van der Waals surface area (Å²) in [6.07, 6.45) is 7.69. The second-order valence-corrected chi connectivity index (χ2v) is 4.76. The third-order valence-electron chi connectivity index (χ3n) is 1.92. The summed E-state index contributed by atoms with van der Waals surface area (Å²) in [6, 6.07) is 0. The van der Waals surface area contributed by atoms with E-state index in [0.29, 0.717) is 11.5 Å². The molecule has 0 spiro atoms. The van der Waals surface area contributed by atoms with Crippen LogP contribution in [-0.4, -0.2) is 6.29 Å². The normalized spacial score (nSPS) is 31.6. The first-order valence-electron chi connectivity index (χ1n) is 4.03. The molecule has 0 N–H and O–H groups in total. The predicted molar refractivity (Wildman–Crippen MR) is 61.9 cm³/mol. The van der Waals surface area contributed by atoms with Gasteiger partial charge >= 0.3 is 0 Å². The Bertz CT molecular complexity index is 300. The van der Waals surface area contributed by atoms with Crippen molar-refractivity contribution in [2.24, 2.45) is 5.92 Å². The molecular formula is C10H10Br2O. The number of allylic oxidation sites excluding steroid dienone is 6. The summed E-state index contributed by atoms with van der Waals surface area (Å²) >= 11 is 6.80. The van der Waals surface area contributed by atoms with Crippen molar-refractivity contribution in [1.29, 1.82) is 0 Å². The lowest BCUT2D eigenvalue weighted by Crippen LogP contribution is -1.96. The van der Waals surface area contributed by atoms with Crippen LogP contribution >= 0.6 is 31.9 Å². The SMILES string of the molecule is CC1C/C=C/C(Br)=C(/C=O)C=C1Br. The van der Waals surface area contributed by atoms with Crippen molar-refractivity contribution in [3.63, 3.8) is 0 Å². The van der Waals surface area contributed by atoms with Crippen LogP contribution in [0.15, 0.2) is 32.8 Å². The van der Waals surface area contributed by atoms with Gasteiger partial charge in [-0.25, -0.2) is 0 Å². The maximum absolute atomic E-state index is 10.7. The van der Waals surface area contributed by atoms with E-state index in [4.69, 9.17) is 0 Å². The largest absolute Gasteiger partial charge is 0.298 e. The van der Waals surface area contributed by atoms with Gasteiger partial charge in [-0.3, -0.25) is 4.79 Å². The molecule has 0 amide bonds. The Balaban J connectivity index is 3.11. The zero-order valence-electron chi connectivity index (χ0n) is 7.26. The Kier molecular flexibility index (Phi) is 4.13. The van der Waals surface area contributed by atoms with E-state index in [1.165, 1.54) is 0 Å². The Morgan fingerprint density at radius 3 is 2.85 bits per heavy atom. The van der Waals surface area contributed by atoms with E-state index < -0.39 is 0 Å². The highest BCUT2D eigenvalue weighted by Crippen LogP contribution is 2.27. The van der Waals surface area contributed by atoms with Crippen LogP contribution in [0.2, 0.25) is 0 Å². The minimum Gasteiger partial charge on any atom is -0.298 e.